The van der Waals surface area contributed by atoms with Crippen LogP contribution in [0.15, 0.2) is 12.4 Å². The molecule has 0 unspecified atom stereocenters. The average molecular weight is 427 g/mol. The molecule has 1 aromatic rings. The molecular weight excluding hydrogens is 396 g/mol. The molecule has 0 radical (unpaired) electrons. The molecule has 29 heavy (non-hydrogen) atoms. The van der Waals surface area contributed by atoms with Crippen LogP contribution in [0, 0.1) is 0 Å². The van der Waals surface area contributed by atoms with Gasteiger partial charge in [0.25, 0.3) is 0 Å². The second-order valence-corrected chi connectivity index (χ2v) is 9.51. The first-order chi connectivity index (χ1) is 14.0. The van der Waals surface area contributed by atoms with Gasteiger partial charge in [-0.2, -0.15) is 0 Å². The van der Waals surface area contributed by atoms with Crippen LogP contribution in [0.5, 0.6) is 5.88 Å². The molecule has 1 aliphatic carbocycles. The standard InChI is InChI=1S/C19H30N4O5S/c1-29(25,26)23-16-3-2-8-20-17(16)13-28-15-6-4-14(5-7-15)18-19(27-12-11-24)22-10-9-21-18/h9-11,14-17,20,23H,2-8,12-13H2,1H3/t14-,15+,16-,17-/m0/s1. The van der Waals surface area contributed by atoms with E-state index in [9.17, 15) is 13.2 Å². The molecular formula is C19H30N4O5S. The van der Waals surface area contributed by atoms with Crippen LogP contribution in [-0.4, -0.2) is 68.9 Å². The fourth-order valence-corrected chi connectivity index (χ4v) is 4.96. The zero-order valence-corrected chi connectivity index (χ0v) is 17.6. The Kier molecular flexibility index (Phi) is 7.93. The number of piperidine rings is 1. The first-order valence-corrected chi connectivity index (χ1v) is 12.0. The predicted molar refractivity (Wildman–Crippen MR) is 107 cm³/mol. The lowest BCUT2D eigenvalue weighted by molar-refractivity contribution is -0.109. The molecule has 2 fully saturated rings. The zero-order valence-electron chi connectivity index (χ0n) is 16.7. The van der Waals surface area contributed by atoms with Gasteiger partial charge in [-0.25, -0.2) is 18.1 Å². The van der Waals surface area contributed by atoms with E-state index < -0.39 is 10.0 Å². The molecule has 2 aliphatic rings. The lowest BCUT2D eigenvalue weighted by Crippen LogP contribution is -2.55. The Labute approximate surface area is 172 Å². The molecule has 9 nitrogen and oxygen atoms in total. The Balaban J connectivity index is 1.49. The summed E-state index contributed by atoms with van der Waals surface area (Å²) in [5.74, 6) is 0.669. The zero-order chi connectivity index (χ0) is 20.7. The molecule has 1 aromatic heterocycles. The Bertz CT molecular complexity index is 768. The molecule has 162 valence electrons. The molecule has 3 rings (SSSR count). The van der Waals surface area contributed by atoms with Gasteiger partial charge >= 0.3 is 0 Å². The van der Waals surface area contributed by atoms with Crippen molar-refractivity contribution in [2.45, 2.75) is 62.6 Å². The highest BCUT2D eigenvalue weighted by atomic mass is 32.2. The fraction of sp³-hybridized carbons (Fsp3) is 0.737. The summed E-state index contributed by atoms with van der Waals surface area (Å²) < 4.78 is 37.5. The number of nitrogens with zero attached hydrogens (tertiary/aromatic N) is 2. The van der Waals surface area contributed by atoms with Crippen LogP contribution >= 0.6 is 0 Å². The summed E-state index contributed by atoms with van der Waals surface area (Å²) in [6, 6.07) is -0.147. The third-order valence-corrected chi connectivity index (χ3v) is 6.23. The summed E-state index contributed by atoms with van der Waals surface area (Å²) in [6.45, 7) is 1.33. The Morgan fingerprint density at radius 2 is 1.97 bits per heavy atom. The van der Waals surface area contributed by atoms with E-state index in [0.29, 0.717) is 18.8 Å². The number of nitrogens with one attached hydrogen (secondary N) is 2. The van der Waals surface area contributed by atoms with Crippen molar-refractivity contribution in [3.63, 3.8) is 0 Å². The van der Waals surface area contributed by atoms with Gasteiger partial charge in [-0.15, -0.1) is 0 Å². The maximum Gasteiger partial charge on any atom is 0.236 e. The van der Waals surface area contributed by atoms with Crippen LogP contribution in [0.25, 0.3) is 0 Å². The summed E-state index contributed by atoms with van der Waals surface area (Å²) in [7, 11) is -3.24. The van der Waals surface area contributed by atoms with E-state index in [-0.39, 0.29) is 30.7 Å². The van der Waals surface area contributed by atoms with Crippen molar-refractivity contribution in [2.24, 2.45) is 0 Å². The number of carbonyl (C=O) groups is 1. The number of hydrogen-bond acceptors (Lipinski definition) is 8. The number of carbonyl (C=O) groups excluding carboxylic acids is 1. The van der Waals surface area contributed by atoms with Gasteiger partial charge in [-0.05, 0) is 45.1 Å². The third-order valence-electron chi connectivity index (χ3n) is 5.50. The Morgan fingerprint density at radius 1 is 1.21 bits per heavy atom. The largest absolute Gasteiger partial charge is 0.469 e. The third kappa shape index (κ3) is 6.70. The highest BCUT2D eigenvalue weighted by Crippen LogP contribution is 2.36. The predicted octanol–water partition coefficient (Wildman–Crippen LogP) is 0.767. The Hall–Kier alpha value is -1.62. The summed E-state index contributed by atoms with van der Waals surface area (Å²) in [6.07, 6.45) is 10.6. The topological polar surface area (TPSA) is 120 Å². The van der Waals surface area contributed by atoms with E-state index >= 15 is 0 Å². The quantitative estimate of drug-likeness (QED) is 0.556. The minimum atomic E-state index is -3.24. The number of aldehydes is 1. The van der Waals surface area contributed by atoms with Crippen molar-refractivity contribution >= 4 is 16.3 Å². The first-order valence-electron chi connectivity index (χ1n) is 10.2. The van der Waals surface area contributed by atoms with E-state index in [1.54, 1.807) is 12.4 Å². The van der Waals surface area contributed by atoms with E-state index in [4.69, 9.17) is 9.47 Å². The highest BCUT2D eigenvalue weighted by molar-refractivity contribution is 7.88. The maximum absolute atomic E-state index is 11.6. The van der Waals surface area contributed by atoms with Gasteiger partial charge < -0.3 is 14.8 Å². The van der Waals surface area contributed by atoms with Gasteiger partial charge in [-0.3, -0.25) is 9.78 Å². The van der Waals surface area contributed by atoms with E-state index in [0.717, 1.165) is 50.8 Å². The molecule has 2 heterocycles. The molecule has 2 atom stereocenters. The number of aromatic nitrogens is 2. The minimum absolute atomic E-state index is 0.0143. The maximum atomic E-state index is 11.6. The summed E-state index contributed by atoms with van der Waals surface area (Å²) in [5, 5.41) is 3.38. The summed E-state index contributed by atoms with van der Waals surface area (Å²) >= 11 is 0. The minimum Gasteiger partial charge on any atom is -0.469 e. The molecule has 1 saturated carbocycles. The molecule has 0 amide bonds. The lowest BCUT2D eigenvalue weighted by atomic mass is 9.85. The molecule has 0 bridgehead atoms. The summed E-state index contributed by atoms with van der Waals surface area (Å²) in [4.78, 5) is 19.2. The van der Waals surface area contributed by atoms with Crippen molar-refractivity contribution in [2.75, 3.05) is 26.0 Å². The van der Waals surface area contributed by atoms with Gasteiger partial charge in [0.15, 0.2) is 6.29 Å². The monoisotopic (exact) mass is 426 g/mol. The number of hydrogen-bond donors (Lipinski definition) is 2. The van der Waals surface area contributed by atoms with Crippen molar-refractivity contribution in [1.29, 1.82) is 0 Å². The number of rotatable bonds is 9. The molecule has 2 N–H and O–H groups in total. The van der Waals surface area contributed by atoms with Crippen molar-refractivity contribution in [1.82, 2.24) is 20.0 Å². The average Bonchev–Trinajstić information content (AvgIpc) is 2.71. The molecule has 0 aromatic carbocycles. The molecule has 1 saturated heterocycles. The van der Waals surface area contributed by atoms with E-state index in [1.165, 1.54) is 6.26 Å². The molecule has 10 heteroatoms. The lowest BCUT2D eigenvalue weighted by Gasteiger charge is -2.35. The SMILES string of the molecule is CS(=O)(=O)N[C@H]1CCCN[C@H]1CO[C@H]1CC[C@@H](c2nccnc2OCC=O)CC1. The van der Waals surface area contributed by atoms with Crippen molar-refractivity contribution in [3.05, 3.63) is 18.1 Å². The van der Waals surface area contributed by atoms with Crippen LogP contribution in [0.3, 0.4) is 0 Å². The fourth-order valence-electron chi connectivity index (χ4n) is 4.13. The van der Waals surface area contributed by atoms with Crippen LogP contribution in [0.1, 0.15) is 50.1 Å². The van der Waals surface area contributed by atoms with Gasteiger partial charge in [-0.1, -0.05) is 0 Å². The number of sulfonamides is 1. The smallest absolute Gasteiger partial charge is 0.236 e. The van der Waals surface area contributed by atoms with Gasteiger partial charge in [0, 0.05) is 30.4 Å². The van der Waals surface area contributed by atoms with Crippen LogP contribution < -0.4 is 14.8 Å². The van der Waals surface area contributed by atoms with Crippen LogP contribution in [0.4, 0.5) is 0 Å². The van der Waals surface area contributed by atoms with Crippen molar-refractivity contribution in [3.8, 4) is 5.88 Å². The van der Waals surface area contributed by atoms with Gasteiger partial charge in [0.05, 0.1) is 19.0 Å². The second-order valence-electron chi connectivity index (χ2n) is 7.73. The number of ether oxygens (including phenoxy) is 2. The van der Waals surface area contributed by atoms with E-state index in [1.807, 2.05) is 0 Å². The molecule has 1 aliphatic heterocycles. The second kappa shape index (κ2) is 10.4. The van der Waals surface area contributed by atoms with Gasteiger partial charge in [0.2, 0.25) is 15.9 Å². The highest BCUT2D eigenvalue weighted by Gasteiger charge is 2.30. The van der Waals surface area contributed by atoms with Crippen LogP contribution in [0.2, 0.25) is 0 Å². The van der Waals surface area contributed by atoms with Crippen molar-refractivity contribution < 1.29 is 22.7 Å². The first kappa shape index (κ1) is 22.1. The van der Waals surface area contributed by atoms with Gasteiger partial charge in [0.1, 0.15) is 12.3 Å². The Morgan fingerprint density at radius 3 is 2.69 bits per heavy atom. The van der Waals surface area contributed by atoms with E-state index in [2.05, 4.69) is 20.0 Å². The summed E-state index contributed by atoms with van der Waals surface area (Å²) in [5.41, 5.74) is 0.805. The molecule has 0 spiro atoms. The van der Waals surface area contributed by atoms with Crippen LogP contribution in [-0.2, 0) is 19.6 Å². The normalized spacial score (nSPS) is 28.0.